The van der Waals surface area contributed by atoms with Gasteiger partial charge in [0.2, 0.25) is 11.8 Å². The van der Waals surface area contributed by atoms with E-state index in [9.17, 15) is 9.59 Å². The number of benzene rings is 3. The Bertz CT molecular complexity index is 1130. The van der Waals surface area contributed by atoms with Crippen LogP contribution in [-0.2, 0) is 28.3 Å². The van der Waals surface area contributed by atoms with Crippen LogP contribution in [0.15, 0.2) is 72.8 Å². The standard InChI is InChI=1S/C26H25Cl3N2O2S/c1-30-26(33)24(14-18-7-3-2-4-8-18)31(15-20-9-5-6-10-21(20)27)25(32)17-34-16-19-11-12-22(28)23(29)13-19/h2-13,24H,14-17H2,1H3,(H,30,33). The first-order valence-corrected chi connectivity index (χ1v) is 13.0. The molecule has 0 spiro atoms. The van der Waals surface area contributed by atoms with Crippen LogP contribution in [0, 0.1) is 0 Å². The molecule has 1 N–H and O–H groups in total. The number of nitrogens with zero attached hydrogens (tertiary/aromatic N) is 1. The number of halogens is 3. The summed E-state index contributed by atoms with van der Waals surface area (Å²) in [4.78, 5) is 28.0. The molecule has 4 nitrogen and oxygen atoms in total. The molecule has 8 heteroatoms. The molecule has 0 aromatic heterocycles. The molecule has 0 radical (unpaired) electrons. The molecule has 2 amide bonds. The Kier molecular flexibility index (Phi) is 10.1. The Morgan fingerprint density at radius 3 is 2.26 bits per heavy atom. The highest BCUT2D eigenvalue weighted by Gasteiger charge is 2.30. The van der Waals surface area contributed by atoms with Crippen LogP contribution in [-0.4, -0.2) is 35.6 Å². The maximum absolute atomic E-state index is 13.5. The Labute approximate surface area is 219 Å². The molecule has 0 aliphatic carbocycles. The van der Waals surface area contributed by atoms with Crippen molar-refractivity contribution in [3.63, 3.8) is 0 Å². The van der Waals surface area contributed by atoms with Crippen molar-refractivity contribution in [1.82, 2.24) is 10.2 Å². The molecule has 0 bridgehead atoms. The molecule has 0 heterocycles. The van der Waals surface area contributed by atoms with Crippen LogP contribution >= 0.6 is 46.6 Å². The van der Waals surface area contributed by atoms with E-state index in [0.717, 1.165) is 16.7 Å². The van der Waals surface area contributed by atoms with E-state index in [1.807, 2.05) is 54.6 Å². The number of carbonyl (C=O) groups excluding carboxylic acids is 2. The van der Waals surface area contributed by atoms with Gasteiger partial charge in [0.15, 0.2) is 0 Å². The van der Waals surface area contributed by atoms with E-state index in [-0.39, 0.29) is 24.1 Å². The summed E-state index contributed by atoms with van der Waals surface area (Å²) in [6.45, 7) is 0.233. The Balaban J connectivity index is 1.81. The van der Waals surface area contributed by atoms with Crippen LogP contribution in [0.3, 0.4) is 0 Å². The van der Waals surface area contributed by atoms with E-state index in [2.05, 4.69) is 5.32 Å². The summed E-state index contributed by atoms with van der Waals surface area (Å²) in [5.74, 6) is 0.423. The number of hydrogen-bond acceptors (Lipinski definition) is 3. The highest BCUT2D eigenvalue weighted by atomic mass is 35.5. The van der Waals surface area contributed by atoms with Gasteiger partial charge in [0.25, 0.3) is 0 Å². The number of likely N-dealkylation sites (N-methyl/N-ethyl adjacent to an activating group) is 1. The lowest BCUT2D eigenvalue weighted by atomic mass is 10.0. The fourth-order valence-corrected chi connectivity index (χ4v) is 4.87. The Morgan fingerprint density at radius 1 is 0.882 bits per heavy atom. The quantitative estimate of drug-likeness (QED) is 0.333. The minimum atomic E-state index is -0.679. The maximum atomic E-state index is 13.5. The molecule has 3 aromatic rings. The highest BCUT2D eigenvalue weighted by Crippen LogP contribution is 2.26. The van der Waals surface area contributed by atoms with Gasteiger partial charge in [-0.1, -0.05) is 89.4 Å². The van der Waals surface area contributed by atoms with E-state index in [4.69, 9.17) is 34.8 Å². The number of nitrogens with one attached hydrogen (secondary N) is 1. The van der Waals surface area contributed by atoms with Gasteiger partial charge in [-0.3, -0.25) is 9.59 Å². The second-order valence-corrected chi connectivity index (χ2v) is 9.88. The number of hydrogen-bond donors (Lipinski definition) is 1. The number of amides is 2. The monoisotopic (exact) mass is 534 g/mol. The third-order valence-corrected chi connectivity index (χ3v) is 7.39. The third kappa shape index (κ3) is 7.41. The second kappa shape index (κ2) is 13.1. The van der Waals surface area contributed by atoms with Gasteiger partial charge in [0.05, 0.1) is 15.8 Å². The van der Waals surface area contributed by atoms with Crippen LogP contribution in [0.1, 0.15) is 16.7 Å². The smallest absolute Gasteiger partial charge is 0.242 e. The van der Waals surface area contributed by atoms with Crippen molar-refractivity contribution in [1.29, 1.82) is 0 Å². The summed E-state index contributed by atoms with van der Waals surface area (Å²) in [7, 11) is 1.58. The summed E-state index contributed by atoms with van der Waals surface area (Å²) in [5.41, 5.74) is 2.72. The lowest BCUT2D eigenvalue weighted by Gasteiger charge is -2.31. The van der Waals surface area contributed by atoms with Crippen LogP contribution in [0.2, 0.25) is 15.1 Å². The van der Waals surface area contributed by atoms with Gasteiger partial charge in [-0.05, 0) is 34.9 Å². The minimum absolute atomic E-state index is 0.144. The summed E-state index contributed by atoms with van der Waals surface area (Å²) in [5, 5.41) is 4.24. The fraction of sp³-hybridized carbons (Fsp3) is 0.231. The zero-order chi connectivity index (χ0) is 24.5. The lowest BCUT2D eigenvalue weighted by molar-refractivity contribution is -0.139. The SMILES string of the molecule is CNC(=O)C(Cc1ccccc1)N(Cc1ccccc1Cl)C(=O)CSCc1ccc(Cl)c(Cl)c1. The number of carbonyl (C=O) groups is 2. The number of thioether (sulfide) groups is 1. The van der Waals surface area contributed by atoms with E-state index in [1.165, 1.54) is 11.8 Å². The van der Waals surface area contributed by atoms with Gasteiger partial charge in [0, 0.05) is 30.8 Å². The average molecular weight is 536 g/mol. The molecular formula is C26H25Cl3N2O2S. The molecule has 0 saturated carbocycles. The summed E-state index contributed by atoms with van der Waals surface area (Å²) in [6, 6.07) is 21.8. The first kappa shape index (κ1) is 26.4. The summed E-state index contributed by atoms with van der Waals surface area (Å²) < 4.78 is 0. The average Bonchev–Trinajstić information content (AvgIpc) is 2.84. The van der Waals surface area contributed by atoms with Crippen molar-refractivity contribution < 1.29 is 9.59 Å². The van der Waals surface area contributed by atoms with Crippen molar-refractivity contribution >= 4 is 58.4 Å². The summed E-state index contributed by atoms with van der Waals surface area (Å²) >= 11 is 20.0. The predicted octanol–water partition coefficient (Wildman–Crippen LogP) is 6.27. The second-order valence-electron chi connectivity index (χ2n) is 7.67. The number of rotatable bonds is 10. The van der Waals surface area contributed by atoms with Gasteiger partial charge >= 0.3 is 0 Å². The van der Waals surface area contributed by atoms with Crippen molar-refractivity contribution in [2.24, 2.45) is 0 Å². The fourth-order valence-electron chi connectivity index (χ4n) is 3.50. The first-order chi connectivity index (χ1) is 16.4. The molecular weight excluding hydrogens is 511 g/mol. The molecule has 1 unspecified atom stereocenters. The zero-order valence-electron chi connectivity index (χ0n) is 18.6. The van der Waals surface area contributed by atoms with Crippen molar-refractivity contribution in [3.8, 4) is 0 Å². The van der Waals surface area contributed by atoms with Crippen LogP contribution < -0.4 is 5.32 Å². The van der Waals surface area contributed by atoms with Gasteiger partial charge < -0.3 is 10.2 Å². The molecule has 0 fully saturated rings. The Hall–Kier alpha value is -2.18. The predicted molar refractivity (Wildman–Crippen MR) is 143 cm³/mol. The lowest BCUT2D eigenvalue weighted by Crippen LogP contribution is -2.50. The van der Waals surface area contributed by atoms with E-state index in [0.29, 0.717) is 27.2 Å². The highest BCUT2D eigenvalue weighted by molar-refractivity contribution is 7.99. The van der Waals surface area contributed by atoms with Crippen molar-refractivity contribution in [2.45, 2.75) is 24.8 Å². The zero-order valence-corrected chi connectivity index (χ0v) is 21.7. The van der Waals surface area contributed by atoms with Gasteiger partial charge in [0.1, 0.15) is 6.04 Å². The molecule has 0 aliphatic rings. The largest absolute Gasteiger partial charge is 0.357 e. The molecule has 178 valence electrons. The van der Waals surface area contributed by atoms with Crippen LogP contribution in [0.4, 0.5) is 0 Å². The molecule has 0 aliphatic heterocycles. The van der Waals surface area contributed by atoms with E-state index in [1.54, 1.807) is 30.1 Å². The van der Waals surface area contributed by atoms with E-state index < -0.39 is 6.04 Å². The Morgan fingerprint density at radius 2 is 1.59 bits per heavy atom. The third-order valence-electron chi connectivity index (χ3n) is 5.29. The molecule has 3 rings (SSSR count). The van der Waals surface area contributed by atoms with Gasteiger partial charge in [-0.25, -0.2) is 0 Å². The van der Waals surface area contributed by atoms with Gasteiger partial charge in [-0.15, -0.1) is 11.8 Å². The molecule has 0 saturated heterocycles. The molecule has 1 atom stereocenters. The summed E-state index contributed by atoms with van der Waals surface area (Å²) in [6.07, 6.45) is 0.397. The normalized spacial score (nSPS) is 11.6. The van der Waals surface area contributed by atoms with Crippen LogP contribution in [0.25, 0.3) is 0 Å². The van der Waals surface area contributed by atoms with Gasteiger partial charge in [-0.2, -0.15) is 0 Å². The minimum Gasteiger partial charge on any atom is -0.357 e. The van der Waals surface area contributed by atoms with Crippen molar-refractivity contribution in [3.05, 3.63) is 105 Å². The topological polar surface area (TPSA) is 49.4 Å². The van der Waals surface area contributed by atoms with Crippen molar-refractivity contribution in [2.75, 3.05) is 12.8 Å². The first-order valence-electron chi connectivity index (χ1n) is 10.7. The molecule has 3 aromatic carbocycles. The van der Waals surface area contributed by atoms with Crippen LogP contribution in [0.5, 0.6) is 0 Å². The molecule has 34 heavy (non-hydrogen) atoms. The maximum Gasteiger partial charge on any atom is 0.242 e. The van der Waals surface area contributed by atoms with E-state index >= 15 is 0 Å².